The summed E-state index contributed by atoms with van der Waals surface area (Å²) in [6.45, 7) is 1.68. The lowest BCUT2D eigenvalue weighted by molar-refractivity contribution is -0.125. The van der Waals surface area contributed by atoms with E-state index in [-0.39, 0.29) is 18.6 Å². The summed E-state index contributed by atoms with van der Waals surface area (Å²) < 4.78 is 7.12. The molecule has 3 aromatic rings. The number of nitrogens with zero attached hydrogens (tertiary/aromatic N) is 2. The quantitative estimate of drug-likeness (QED) is 0.499. The number of aryl methyl sites for hydroxylation is 1. The first-order chi connectivity index (χ1) is 14.1. The normalized spacial score (nSPS) is 15.2. The number of esters is 1. The highest BCUT2D eigenvalue weighted by Gasteiger charge is 2.20. The van der Waals surface area contributed by atoms with Gasteiger partial charge in [0.2, 0.25) is 0 Å². The van der Waals surface area contributed by atoms with E-state index in [0.29, 0.717) is 4.88 Å². The maximum atomic E-state index is 12.5. The van der Waals surface area contributed by atoms with Crippen molar-refractivity contribution in [2.75, 3.05) is 6.61 Å². The molecular weight excluding hydrogens is 386 g/mol. The summed E-state index contributed by atoms with van der Waals surface area (Å²) in [7, 11) is 0. The van der Waals surface area contributed by atoms with Crippen molar-refractivity contribution in [2.45, 2.75) is 51.5 Å². The van der Waals surface area contributed by atoms with Crippen LogP contribution in [0.25, 0.3) is 15.9 Å². The fraction of sp³-hybridized carbons (Fsp3) is 0.409. The van der Waals surface area contributed by atoms with E-state index >= 15 is 0 Å². The summed E-state index contributed by atoms with van der Waals surface area (Å²) in [4.78, 5) is 26.0. The van der Waals surface area contributed by atoms with Gasteiger partial charge in [-0.3, -0.25) is 4.79 Å². The van der Waals surface area contributed by atoms with Crippen molar-refractivity contribution in [3.63, 3.8) is 0 Å². The number of carbonyl (C=O) groups is 2. The van der Waals surface area contributed by atoms with E-state index in [1.54, 1.807) is 6.07 Å². The average molecular weight is 412 g/mol. The molecule has 2 heterocycles. The summed E-state index contributed by atoms with van der Waals surface area (Å²) >= 11 is 1.33. The molecule has 6 nitrogen and oxygen atoms in total. The van der Waals surface area contributed by atoms with Crippen LogP contribution in [0.15, 0.2) is 36.4 Å². The molecular formula is C22H25N3O3S. The van der Waals surface area contributed by atoms with Crippen molar-refractivity contribution in [3.05, 3.63) is 47.0 Å². The lowest BCUT2D eigenvalue weighted by Crippen LogP contribution is -2.37. The van der Waals surface area contributed by atoms with Gasteiger partial charge in [0, 0.05) is 11.4 Å². The van der Waals surface area contributed by atoms with Gasteiger partial charge in [-0.1, -0.05) is 43.9 Å². The van der Waals surface area contributed by atoms with Crippen LogP contribution in [-0.4, -0.2) is 34.3 Å². The van der Waals surface area contributed by atoms with Gasteiger partial charge in [-0.25, -0.2) is 9.48 Å². The van der Waals surface area contributed by atoms with E-state index < -0.39 is 5.97 Å². The third kappa shape index (κ3) is 4.50. The van der Waals surface area contributed by atoms with Crippen LogP contribution in [0.1, 0.15) is 53.9 Å². The molecule has 0 atom stereocenters. The fourth-order valence-electron chi connectivity index (χ4n) is 3.79. The van der Waals surface area contributed by atoms with Gasteiger partial charge < -0.3 is 10.1 Å². The van der Waals surface area contributed by atoms with Crippen molar-refractivity contribution >= 4 is 33.4 Å². The van der Waals surface area contributed by atoms with Crippen LogP contribution in [0.5, 0.6) is 0 Å². The number of amides is 1. The van der Waals surface area contributed by atoms with E-state index in [1.807, 2.05) is 41.9 Å². The molecule has 1 aromatic carbocycles. The molecule has 1 saturated carbocycles. The van der Waals surface area contributed by atoms with E-state index in [1.165, 1.54) is 24.2 Å². The molecule has 1 aliphatic carbocycles. The molecule has 0 saturated heterocycles. The Morgan fingerprint density at radius 1 is 1.17 bits per heavy atom. The average Bonchev–Trinajstić information content (AvgIpc) is 3.19. The molecule has 1 fully saturated rings. The zero-order valence-corrected chi connectivity index (χ0v) is 17.3. The zero-order valence-electron chi connectivity index (χ0n) is 16.5. The Hall–Kier alpha value is -2.67. The number of carbonyl (C=O) groups excluding carboxylic acids is 2. The molecule has 1 aliphatic rings. The Morgan fingerprint density at radius 3 is 2.62 bits per heavy atom. The first-order valence-corrected chi connectivity index (χ1v) is 10.9. The summed E-state index contributed by atoms with van der Waals surface area (Å²) in [5.74, 6) is -0.695. The zero-order chi connectivity index (χ0) is 20.2. The smallest absolute Gasteiger partial charge is 0.348 e. The van der Waals surface area contributed by atoms with Crippen LogP contribution in [0.4, 0.5) is 0 Å². The van der Waals surface area contributed by atoms with Gasteiger partial charge >= 0.3 is 5.97 Å². The molecule has 152 valence electrons. The Balaban J connectivity index is 1.42. The van der Waals surface area contributed by atoms with Crippen molar-refractivity contribution in [1.29, 1.82) is 0 Å². The molecule has 0 aliphatic heterocycles. The highest BCUT2D eigenvalue weighted by atomic mass is 32.1. The summed E-state index contributed by atoms with van der Waals surface area (Å²) in [5.41, 5.74) is 1.79. The number of hydrogen-bond donors (Lipinski definition) is 1. The van der Waals surface area contributed by atoms with Crippen LogP contribution in [0, 0.1) is 6.92 Å². The minimum atomic E-state index is -0.471. The van der Waals surface area contributed by atoms with Crippen molar-refractivity contribution in [2.24, 2.45) is 0 Å². The number of para-hydroxylation sites is 1. The maximum absolute atomic E-state index is 12.5. The number of fused-ring (bicyclic) bond motifs is 1. The Morgan fingerprint density at radius 2 is 1.90 bits per heavy atom. The van der Waals surface area contributed by atoms with Crippen LogP contribution in [0.2, 0.25) is 0 Å². The van der Waals surface area contributed by atoms with Gasteiger partial charge in [0.1, 0.15) is 9.71 Å². The van der Waals surface area contributed by atoms with Gasteiger partial charge in [0.25, 0.3) is 5.91 Å². The number of rotatable bonds is 5. The number of hydrogen-bond acceptors (Lipinski definition) is 5. The Bertz CT molecular complexity index is 1000. The lowest BCUT2D eigenvalue weighted by atomic mass is 10.1. The third-order valence-corrected chi connectivity index (χ3v) is 6.39. The van der Waals surface area contributed by atoms with Crippen molar-refractivity contribution < 1.29 is 14.3 Å². The van der Waals surface area contributed by atoms with Crippen molar-refractivity contribution in [1.82, 2.24) is 15.1 Å². The minimum Gasteiger partial charge on any atom is -0.451 e. The largest absolute Gasteiger partial charge is 0.451 e. The molecule has 2 aromatic heterocycles. The van der Waals surface area contributed by atoms with Crippen molar-refractivity contribution in [3.8, 4) is 5.69 Å². The predicted octanol–water partition coefficient (Wildman–Crippen LogP) is 4.39. The second-order valence-corrected chi connectivity index (χ2v) is 8.53. The SMILES string of the molecule is Cc1nn(-c2ccccc2)c2sc(C(=O)OCC(=O)NC3CCCCCC3)cc12. The van der Waals surface area contributed by atoms with Gasteiger partial charge in [-0.05, 0) is 38.0 Å². The first-order valence-electron chi connectivity index (χ1n) is 10.1. The molecule has 29 heavy (non-hydrogen) atoms. The topological polar surface area (TPSA) is 73.2 Å². The van der Waals surface area contributed by atoms with Gasteiger partial charge in [-0.15, -0.1) is 11.3 Å². The molecule has 0 unspecified atom stereocenters. The number of nitrogens with one attached hydrogen (secondary N) is 1. The third-order valence-electron chi connectivity index (χ3n) is 5.30. The van der Waals surface area contributed by atoms with Crippen LogP contribution < -0.4 is 5.32 Å². The first kappa shape index (κ1) is 19.6. The van der Waals surface area contributed by atoms with E-state index in [0.717, 1.165) is 47.3 Å². The Labute approximate surface area is 173 Å². The predicted molar refractivity (Wildman–Crippen MR) is 114 cm³/mol. The van der Waals surface area contributed by atoms with Crippen LogP contribution in [0.3, 0.4) is 0 Å². The number of benzene rings is 1. The van der Waals surface area contributed by atoms with Gasteiger partial charge in [-0.2, -0.15) is 5.10 Å². The molecule has 7 heteroatoms. The summed E-state index contributed by atoms with van der Waals surface area (Å²) in [5, 5.41) is 8.50. The van der Waals surface area contributed by atoms with E-state index in [2.05, 4.69) is 10.4 Å². The molecule has 0 radical (unpaired) electrons. The second-order valence-electron chi connectivity index (χ2n) is 7.49. The minimum absolute atomic E-state index is 0.201. The number of aromatic nitrogens is 2. The molecule has 1 N–H and O–H groups in total. The Kier molecular flexibility index (Phi) is 5.94. The second kappa shape index (κ2) is 8.78. The molecule has 0 spiro atoms. The van der Waals surface area contributed by atoms with E-state index in [9.17, 15) is 9.59 Å². The molecule has 4 rings (SSSR count). The van der Waals surface area contributed by atoms with Crippen LogP contribution in [-0.2, 0) is 9.53 Å². The highest BCUT2D eigenvalue weighted by molar-refractivity contribution is 7.20. The summed E-state index contributed by atoms with van der Waals surface area (Å²) in [6, 6.07) is 11.8. The maximum Gasteiger partial charge on any atom is 0.348 e. The number of thiophene rings is 1. The van der Waals surface area contributed by atoms with Gasteiger partial charge in [0.15, 0.2) is 6.61 Å². The van der Waals surface area contributed by atoms with Crippen LogP contribution >= 0.6 is 11.3 Å². The monoisotopic (exact) mass is 411 g/mol. The van der Waals surface area contributed by atoms with Gasteiger partial charge in [0.05, 0.1) is 11.4 Å². The summed E-state index contributed by atoms with van der Waals surface area (Å²) in [6.07, 6.45) is 6.76. The molecule has 1 amide bonds. The fourth-order valence-corrected chi connectivity index (χ4v) is 4.86. The highest BCUT2D eigenvalue weighted by Crippen LogP contribution is 2.30. The number of ether oxygens (including phenoxy) is 1. The molecule has 0 bridgehead atoms. The van der Waals surface area contributed by atoms with E-state index in [4.69, 9.17) is 4.74 Å². The standard InChI is InChI=1S/C22H25N3O3S/c1-15-18-13-19(29-21(18)25(24-15)17-11-7-4-8-12-17)22(27)28-14-20(26)23-16-9-5-2-3-6-10-16/h4,7-8,11-13,16H,2-3,5-6,9-10,14H2,1H3,(H,23,26). The lowest BCUT2D eigenvalue weighted by Gasteiger charge is -2.15.